The van der Waals surface area contributed by atoms with Gasteiger partial charge in [0.2, 0.25) is 0 Å². The summed E-state index contributed by atoms with van der Waals surface area (Å²) in [5.41, 5.74) is 0.403. The van der Waals surface area contributed by atoms with Gasteiger partial charge in [0, 0.05) is 5.39 Å². The first-order valence-electron chi connectivity index (χ1n) is 4.06. The fraction of sp³-hybridized carbons (Fsp3) is 0. The lowest BCUT2D eigenvalue weighted by molar-refractivity contribution is 0.471. The molecule has 2 rings (SSSR count). The summed E-state index contributed by atoms with van der Waals surface area (Å²) in [6.07, 6.45) is 0. The molecule has 0 spiro atoms. The van der Waals surface area contributed by atoms with Gasteiger partial charge in [-0.3, -0.25) is 0 Å². The molecule has 0 bridgehead atoms. The van der Waals surface area contributed by atoms with Gasteiger partial charge >= 0.3 is 0 Å². The van der Waals surface area contributed by atoms with E-state index in [4.69, 9.17) is 5.26 Å². The number of nitrogens with zero attached hydrogens (tertiary/aromatic N) is 1. The third-order valence-electron chi connectivity index (χ3n) is 2.05. The van der Waals surface area contributed by atoms with Crippen molar-refractivity contribution in [1.82, 2.24) is 0 Å². The fourth-order valence-corrected chi connectivity index (χ4v) is 1.39. The average molecular weight is 185 g/mol. The van der Waals surface area contributed by atoms with Crippen molar-refractivity contribution in [1.29, 1.82) is 5.26 Å². The summed E-state index contributed by atoms with van der Waals surface area (Å²) < 4.78 is 0. The highest BCUT2D eigenvalue weighted by Gasteiger charge is 2.03. The van der Waals surface area contributed by atoms with Gasteiger partial charge in [-0.05, 0) is 29.7 Å². The zero-order valence-corrected chi connectivity index (χ0v) is 7.23. The predicted molar refractivity (Wildman–Crippen MR) is 52.0 cm³/mol. The van der Waals surface area contributed by atoms with E-state index < -0.39 is 0 Å². The average Bonchev–Trinajstić information content (AvgIpc) is 2.19. The van der Waals surface area contributed by atoms with Crippen molar-refractivity contribution < 1.29 is 10.2 Å². The molecule has 0 heterocycles. The number of phenols is 2. The van der Waals surface area contributed by atoms with Crippen LogP contribution in [0.3, 0.4) is 0 Å². The van der Waals surface area contributed by atoms with Gasteiger partial charge in [0.15, 0.2) is 0 Å². The van der Waals surface area contributed by atoms with Crippen LogP contribution in [0.2, 0.25) is 0 Å². The van der Waals surface area contributed by atoms with E-state index in [1.54, 1.807) is 12.1 Å². The standard InChI is InChI=1S/C11H7NO2/c12-6-7-3-8-1-2-9(13)5-10(8)11(14)4-7/h1-5,13-14H. The van der Waals surface area contributed by atoms with Crippen LogP contribution >= 0.6 is 0 Å². The van der Waals surface area contributed by atoms with E-state index in [0.29, 0.717) is 10.9 Å². The summed E-state index contributed by atoms with van der Waals surface area (Å²) in [6, 6.07) is 9.63. The van der Waals surface area contributed by atoms with Crippen LogP contribution in [0.15, 0.2) is 30.3 Å². The number of nitriles is 1. The highest BCUT2D eigenvalue weighted by atomic mass is 16.3. The Bertz CT molecular complexity index is 541. The molecular formula is C11H7NO2. The number of hydrogen-bond donors (Lipinski definition) is 2. The summed E-state index contributed by atoms with van der Waals surface area (Å²) in [7, 11) is 0. The highest BCUT2D eigenvalue weighted by molar-refractivity contribution is 5.90. The van der Waals surface area contributed by atoms with Gasteiger partial charge in [0.1, 0.15) is 11.5 Å². The first-order valence-corrected chi connectivity index (χ1v) is 4.06. The molecule has 2 N–H and O–H groups in total. The molecular weight excluding hydrogens is 178 g/mol. The lowest BCUT2D eigenvalue weighted by atomic mass is 10.1. The van der Waals surface area contributed by atoms with Gasteiger partial charge in [-0.2, -0.15) is 5.26 Å². The number of fused-ring (bicyclic) bond motifs is 1. The van der Waals surface area contributed by atoms with E-state index in [2.05, 4.69) is 0 Å². The second kappa shape index (κ2) is 2.93. The van der Waals surface area contributed by atoms with Crippen molar-refractivity contribution >= 4 is 10.8 Å². The molecule has 0 atom stereocenters. The molecule has 68 valence electrons. The zero-order valence-electron chi connectivity index (χ0n) is 7.23. The summed E-state index contributed by atoms with van der Waals surface area (Å²) in [4.78, 5) is 0. The Labute approximate surface area is 80.5 Å². The predicted octanol–water partition coefficient (Wildman–Crippen LogP) is 2.12. The summed E-state index contributed by atoms with van der Waals surface area (Å²) >= 11 is 0. The molecule has 0 saturated heterocycles. The smallest absolute Gasteiger partial charge is 0.124 e. The third kappa shape index (κ3) is 1.23. The van der Waals surface area contributed by atoms with Crippen LogP contribution in [0.25, 0.3) is 10.8 Å². The van der Waals surface area contributed by atoms with E-state index in [-0.39, 0.29) is 11.5 Å². The van der Waals surface area contributed by atoms with Crippen molar-refractivity contribution in [3.63, 3.8) is 0 Å². The Hall–Kier alpha value is -2.21. The lowest BCUT2D eigenvalue weighted by Crippen LogP contribution is -1.78. The number of hydrogen-bond acceptors (Lipinski definition) is 3. The Morgan fingerprint density at radius 1 is 1.07 bits per heavy atom. The molecule has 0 aliphatic rings. The second-order valence-electron chi connectivity index (χ2n) is 3.01. The molecule has 0 aromatic heterocycles. The topological polar surface area (TPSA) is 64.2 Å². The molecule has 2 aromatic rings. The Balaban J connectivity index is 2.84. The lowest BCUT2D eigenvalue weighted by Gasteiger charge is -2.02. The molecule has 14 heavy (non-hydrogen) atoms. The number of phenolic OH excluding ortho intramolecular Hbond substituents is 2. The van der Waals surface area contributed by atoms with Gasteiger partial charge in [0.05, 0.1) is 11.6 Å². The van der Waals surface area contributed by atoms with Gasteiger partial charge in [-0.1, -0.05) is 6.07 Å². The Morgan fingerprint density at radius 3 is 2.57 bits per heavy atom. The van der Waals surface area contributed by atoms with E-state index in [9.17, 15) is 10.2 Å². The maximum atomic E-state index is 9.55. The van der Waals surface area contributed by atoms with Crippen LogP contribution in [0.1, 0.15) is 5.56 Å². The number of rotatable bonds is 0. The van der Waals surface area contributed by atoms with Crippen LogP contribution in [0, 0.1) is 11.3 Å². The minimum Gasteiger partial charge on any atom is -0.508 e. The maximum absolute atomic E-state index is 9.55. The maximum Gasteiger partial charge on any atom is 0.124 e. The SMILES string of the molecule is N#Cc1cc(O)c2cc(O)ccc2c1. The van der Waals surface area contributed by atoms with Crippen molar-refractivity contribution in [3.8, 4) is 17.6 Å². The summed E-state index contributed by atoms with van der Waals surface area (Å²) in [5, 5.41) is 28.7. The molecule has 0 aliphatic heterocycles. The van der Waals surface area contributed by atoms with Crippen LogP contribution in [0.4, 0.5) is 0 Å². The van der Waals surface area contributed by atoms with Crippen molar-refractivity contribution in [2.24, 2.45) is 0 Å². The van der Waals surface area contributed by atoms with E-state index in [0.717, 1.165) is 5.39 Å². The van der Waals surface area contributed by atoms with Crippen LogP contribution in [-0.2, 0) is 0 Å². The minimum atomic E-state index is 0.00921. The van der Waals surface area contributed by atoms with Gasteiger partial charge in [-0.25, -0.2) is 0 Å². The number of benzene rings is 2. The molecule has 2 aromatic carbocycles. The van der Waals surface area contributed by atoms with Crippen LogP contribution < -0.4 is 0 Å². The molecule has 0 saturated carbocycles. The van der Waals surface area contributed by atoms with E-state index in [1.807, 2.05) is 6.07 Å². The Morgan fingerprint density at radius 2 is 1.86 bits per heavy atom. The first-order chi connectivity index (χ1) is 6.70. The first kappa shape index (κ1) is 8.39. The molecule has 0 amide bonds. The van der Waals surface area contributed by atoms with Crippen LogP contribution in [0.5, 0.6) is 11.5 Å². The summed E-state index contributed by atoms with van der Waals surface area (Å²) in [5.74, 6) is 0.104. The molecule has 0 unspecified atom stereocenters. The fourth-order valence-electron chi connectivity index (χ4n) is 1.39. The van der Waals surface area contributed by atoms with Crippen molar-refractivity contribution in [3.05, 3.63) is 35.9 Å². The van der Waals surface area contributed by atoms with Crippen LogP contribution in [-0.4, -0.2) is 10.2 Å². The van der Waals surface area contributed by atoms with E-state index >= 15 is 0 Å². The van der Waals surface area contributed by atoms with Gasteiger partial charge in [0.25, 0.3) is 0 Å². The van der Waals surface area contributed by atoms with Crippen molar-refractivity contribution in [2.45, 2.75) is 0 Å². The van der Waals surface area contributed by atoms with Crippen molar-refractivity contribution in [2.75, 3.05) is 0 Å². The Kier molecular flexibility index (Phi) is 1.76. The van der Waals surface area contributed by atoms with Gasteiger partial charge < -0.3 is 10.2 Å². The number of aromatic hydroxyl groups is 2. The van der Waals surface area contributed by atoms with Gasteiger partial charge in [-0.15, -0.1) is 0 Å². The third-order valence-corrected chi connectivity index (χ3v) is 2.05. The quantitative estimate of drug-likeness (QED) is 0.660. The zero-order chi connectivity index (χ0) is 10.1. The molecule has 0 radical (unpaired) electrons. The molecule has 3 nitrogen and oxygen atoms in total. The highest BCUT2D eigenvalue weighted by Crippen LogP contribution is 2.29. The molecule has 0 fully saturated rings. The molecule has 3 heteroatoms. The second-order valence-corrected chi connectivity index (χ2v) is 3.01. The monoisotopic (exact) mass is 185 g/mol. The largest absolute Gasteiger partial charge is 0.508 e. The summed E-state index contributed by atoms with van der Waals surface area (Å²) in [6.45, 7) is 0. The normalized spacial score (nSPS) is 9.93. The minimum absolute atomic E-state index is 0.00921. The van der Waals surface area contributed by atoms with E-state index in [1.165, 1.54) is 18.2 Å². The molecule has 0 aliphatic carbocycles.